The molecule has 35 heavy (non-hydrogen) atoms. The van der Waals surface area contributed by atoms with E-state index in [2.05, 4.69) is 26.0 Å². The predicted octanol–water partition coefficient (Wildman–Crippen LogP) is 3.97. The van der Waals surface area contributed by atoms with Crippen molar-refractivity contribution in [1.82, 2.24) is 14.7 Å². The molecule has 1 amide bonds. The minimum absolute atomic E-state index is 0.0662. The van der Waals surface area contributed by atoms with Crippen LogP contribution in [0.5, 0.6) is 5.75 Å². The average Bonchev–Trinajstić information content (AvgIpc) is 3.37. The smallest absolute Gasteiger partial charge is 0.296 e. The van der Waals surface area contributed by atoms with Gasteiger partial charge in [0, 0.05) is 13.0 Å². The van der Waals surface area contributed by atoms with Gasteiger partial charge < -0.3 is 14.9 Å². The number of nitrogens with one attached hydrogen (secondary N) is 1. The number of halogens is 1. The van der Waals surface area contributed by atoms with Gasteiger partial charge in [0.15, 0.2) is 5.69 Å². The van der Waals surface area contributed by atoms with Crippen molar-refractivity contribution in [2.24, 2.45) is 7.05 Å². The Labute approximate surface area is 200 Å². The van der Waals surface area contributed by atoms with E-state index in [1.54, 1.807) is 6.07 Å². The summed E-state index contributed by atoms with van der Waals surface area (Å²) in [5.74, 6) is -1.65. The van der Waals surface area contributed by atoms with E-state index in [1.165, 1.54) is 31.6 Å². The zero-order chi connectivity index (χ0) is 25.4. The molecule has 4 aromatic rings. The lowest BCUT2D eigenvalue weighted by Gasteiger charge is -2.17. The second-order valence-electron chi connectivity index (χ2n) is 7.44. The lowest BCUT2D eigenvalue weighted by atomic mass is 9.86. The van der Waals surface area contributed by atoms with E-state index in [0.717, 1.165) is 28.4 Å². The van der Waals surface area contributed by atoms with Crippen molar-refractivity contribution in [2.75, 3.05) is 5.32 Å². The number of hydrogen-bond acceptors (Lipinski definition) is 7. The van der Waals surface area contributed by atoms with Crippen LogP contribution in [0.4, 0.5) is 10.1 Å². The van der Waals surface area contributed by atoms with Crippen molar-refractivity contribution in [1.29, 1.82) is 5.26 Å². The number of amides is 1. The van der Waals surface area contributed by atoms with Gasteiger partial charge in [-0.3, -0.25) is 14.2 Å². The zero-order valence-corrected chi connectivity index (χ0v) is 19.0. The molecule has 2 N–H and O–H groups in total. The van der Waals surface area contributed by atoms with Crippen LogP contribution >= 0.6 is 0 Å². The van der Waals surface area contributed by atoms with Gasteiger partial charge in [-0.25, -0.2) is 9.37 Å². The molecule has 0 radical (unpaired) electrons. The summed E-state index contributed by atoms with van der Waals surface area (Å²) in [6.07, 6.45) is 4.46. The Hall–Kier alpha value is -4.78. The number of aromatic hydroxyl groups is 1. The number of aryl methyl sites for hydroxylation is 1. The monoisotopic (exact) mass is 475 g/mol. The van der Waals surface area contributed by atoms with Gasteiger partial charge in [0.05, 0.1) is 24.2 Å². The summed E-state index contributed by atoms with van der Waals surface area (Å²) >= 11 is 0. The molecule has 2 aromatic carbocycles. The van der Waals surface area contributed by atoms with Gasteiger partial charge >= 0.3 is 0 Å². The Morgan fingerprint density at radius 3 is 2.66 bits per heavy atom. The van der Waals surface area contributed by atoms with Crippen LogP contribution in [0.15, 0.2) is 76.6 Å². The highest BCUT2D eigenvalue weighted by Crippen LogP contribution is 2.30. The maximum atomic E-state index is 13.4. The van der Waals surface area contributed by atoms with E-state index < -0.39 is 17.2 Å². The van der Waals surface area contributed by atoms with Crippen LogP contribution in [0.2, 0.25) is 0 Å². The summed E-state index contributed by atoms with van der Waals surface area (Å²) in [4.78, 5) is 26.7. The standard InChI is InChI=1S/C16H14FN.C9H8N4O4/c1-2-15(12-6-4-3-5-7-12)16-10-14(17)9-8-13(16)11-18;1-13-4-10-6(7(14)9(13)16)8(15)12-5-2-11-17-3-5/h3-10,15H,2H2,1H3;2-4,14H,1H3,(H,12,15). The number of carbonyl (C=O) groups is 1. The highest BCUT2D eigenvalue weighted by molar-refractivity contribution is 6.04. The molecule has 0 aliphatic carbocycles. The van der Waals surface area contributed by atoms with Crippen molar-refractivity contribution in [3.05, 3.63) is 106 Å². The summed E-state index contributed by atoms with van der Waals surface area (Å²) in [7, 11) is 1.41. The Bertz CT molecular complexity index is 1400. The van der Waals surface area contributed by atoms with Gasteiger partial charge in [-0.15, -0.1) is 0 Å². The molecule has 0 bridgehead atoms. The third-order valence-electron chi connectivity index (χ3n) is 5.13. The van der Waals surface area contributed by atoms with E-state index in [9.17, 15) is 19.1 Å². The molecule has 4 rings (SSSR count). The van der Waals surface area contributed by atoms with E-state index >= 15 is 0 Å². The molecule has 2 heterocycles. The normalized spacial score (nSPS) is 11.0. The molecule has 0 aliphatic heterocycles. The summed E-state index contributed by atoms with van der Waals surface area (Å²) in [5.41, 5.74) is 1.68. The highest BCUT2D eigenvalue weighted by Gasteiger charge is 2.18. The van der Waals surface area contributed by atoms with Crippen molar-refractivity contribution < 1.29 is 18.8 Å². The maximum Gasteiger partial charge on any atom is 0.296 e. The highest BCUT2D eigenvalue weighted by atomic mass is 19.1. The SMILES string of the molecule is CCC(c1ccccc1)c1cc(F)ccc1C#N.Cn1cnc(C(=O)Nc2cnoc2)c(O)c1=O. The number of nitriles is 1. The fraction of sp³-hybridized carbons (Fsp3) is 0.160. The maximum absolute atomic E-state index is 13.4. The third kappa shape index (κ3) is 5.97. The number of anilines is 1. The van der Waals surface area contributed by atoms with Crippen molar-refractivity contribution in [2.45, 2.75) is 19.3 Å². The lowest BCUT2D eigenvalue weighted by molar-refractivity contribution is 0.101. The van der Waals surface area contributed by atoms with Gasteiger partial charge in [0.1, 0.15) is 17.8 Å². The van der Waals surface area contributed by atoms with E-state index in [4.69, 9.17) is 5.26 Å². The van der Waals surface area contributed by atoms with Gasteiger partial charge in [-0.2, -0.15) is 5.26 Å². The summed E-state index contributed by atoms with van der Waals surface area (Å²) in [6, 6.07) is 16.4. The number of aromatic nitrogens is 3. The largest absolute Gasteiger partial charge is 0.501 e. The predicted molar refractivity (Wildman–Crippen MR) is 125 cm³/mol. The van der Waals surface area contributed by atoms with Crippen LogP contribution in [0, 0.1) is 17.1 Å². The first-order valence-electron chi connectivity index (χ1n) is 10.6. The second-order valence-corrected chi connectivity index (χ2v) is 7.44. The molecule has 0 aliphatic rings. The summed E-state index contributed by atoms with van der Waals surface area (Å²) in [5, 5.41) is 24.4. The molecule has 0 saturated heterocycles. The van der Waals surface area contributed by atoms with Crippen LogP contribution < -0.4 is 10.9 Å². The Morgan fingerprint density at radius 2 is 2.03 bits per heavy atom. The fourth-order valence-corrected chi connectivity index (χ4v) is 3.39. The fourth-order valence-electron chi connectivity index (χ4n) is 3.39. The molecule has 10 heteroatoms. The Morgan fingerprint density at radius 1 is 1.29 bits per heavy atom. The third-order valence-corrected chi connectivity index (χ3v) is 5.13. The minimum Gasteiger partial charge on any atom is -0.501 e. The molecule has 1 unspecified atom stereocenters. The van der Waals surface area contributed by atoms with Crippen LogP contribution in [0.3, 0.4) is 0 Å². The van der Waals surface area contributed by atoms with E-state index in [1.807, 2.05) is 37.3 Å². The van der Waals surface area contributed by atoms with E-state index in [0.29, 0.717) is 11.3 Å². The van der Waals surface area contributed by atoms with Crippen molar-refractivity contribution in [3.63, 3.8) is 0 Å². The molecule has 2 aromatic heterocycles. The second kappa shape index (κ2) is 11.4. The van der Waals surface area contributed by atoms with Crippen LogP contribution in [-0.2, 0) is 7.05 Å². The summed E-state index contributed by atoms with van der Waals surface area (Å²) in [6.45, 7) is 2.05. The van der Waals surface area contributed by atoms with E-state index in [-0.39, 0.29) is 17.4 Å². The first-order valence-corrected chi connectivity index (χ1v) is 10.6. The quantitative estimate of drug-likeness (QED) is 0.446. The zero-order valence-electron chi connectivity index (χ0n) is 19.0. The minimum atomic E-state index is -0.719. The topological polar surface area (TPSA) is 134 Å². The number of hydrogen-bond donors (Lipinski definition) is 2. The molecule has 0 saturated carbocycles. The van der Waals surface area contributed by atoms with Gasteiger partial charge in [-0.1, -0.05) is 42.4 Å². The molecule has 9 nitrogen and oxygen atoms in total. The van der Waals surface area contributed by atoms with Crippen LogP contribution in [-0.4, -0.2) is 25.7 Å². The Kier molecular flexibility index (Phi) is 8.08. The number of carbonyl (C=O) groups excluding carboxylic acids is 1. The van der Waals surface area contributed by atoms with Crippen LogP contribution in [0.25, 0.3) is 0 Å². The lowest BCUT2D eigenvalue weighted by Crippen LogP contribution is -2.22. The van der Waals surface area contributed by atoms with Gasteiger partial charge in [-0.05, 0) is 35.7 Å². The molecule has 1 atom stereocenters. The summed E-state index contributed by atoms with van der Waals surface area (Å²) < 4.78 is 19.0. The first-order chi connectivity index (χ1) is 16.8. The van der Waals surface area contributed by atoms with Crippen molar-refractivity contribution in [3.8, 4) is 11.8 Å². The number of nitrogens with zero attached hydrogens (tertiary/aromatic N) is 4. The molecule has 178 valence electrons. The number of rotatable bonds is 5. The number of benzene rings is 2. The van der Waals surface area contributed by atoms with Gasteiger partial charge in [0.25, 0.3) is 11.5 Å². The Balaban J connectivity index is 0.000000196. The van der Waals surface area contributed by atoms with Crippen molar-refractivity contribution >= 4 is 11.6 Å². The first kappa shape index (κ1) is 24.9. The van der Waals surface area contributed by atoms with Gasteiger partial charge in [0.2, 0.25) is 5.75 Å². The van der Waals surface area contributed by atoms with Crippen LogP contribution in [0.1, 0.15) is 46.4 Å². The molecule has 0 spiro atoms. The average molecular weight is 475 g/mol. The molecular formula is C25H22FN5O4. The molecule has 0 fully saturated rings. The molecular weight excluding hydrogens is 453 g/mol.